The molecule has 24 heavy (non-hydrogen) atoms. The zero-order valence-electron chi connectivity index (χ0n) is 13.7. The zero-order valence-corrected chi connectivity index (χ0v) is 14.6. The first-order chi connectivity index (χ1) is 11.6. The molecule has 2 aliphatic heterocycles. The molecule has 0 bridgehead atoms. The maximum absolute atomic E-state index is 12.5. The molecule has 2 amide bonds. The Bertz CT molecular complexity index is 587. The molecule has 2 saturated heterocycles. The van der Waals surface area contributed by atoms with Gasteiger partial charge in [0.2, 0.25) is 11.8 Å². The molecule has 6 heteroatoms. The predicted molar refractivity (Wildman–Crippen MR) is 94.8 cm³/mol. The minimum atomic E-state index is -0.794. The largest absolute Gasteiger partial charge is 0.387 e. The van der Waals surface area contributed by atoms with Crippen LogP contribution in [0.4, 0.5) is 0 Å². The summed E-state index contributed by atoms with van der Waals surface area (Å²) in [5.74, 6) is 1.44. The maximum atomic E-state index is 12.5. The van der Waals surface area contributed by atoms with Gasteiger partial charge in [-0.3, -0.25) is 9.59 Å². The van der Waals surface area contributed by atoms with Crippen molar-refractivity contribution in [2.75, 3.05) is 24.6 Å². The first-order valence-electron chi connectivity index (χ1n) is 8.49. The van der Waals surface area contributed by atoms with Crippen LogP contribution in [0, 0.1) is 0 Å². The molecule has 2 heterocycles. The Morgan fingerprint density at radius 3 is 2.83 bits per heavy atom. The van der Waals surface area contributed by atoms with Crippen molar-refractivity contribution in [2.24, 2.45) is 0 Å². The number of hydrogen-bond acceptors (Lipinski definition) is 4. The lowest BCUT2D eigenvalue weighted by Crippen LogP contribution is -2.50. The lowest BCUT2D eigenvalue weighted by molar-refractivity contribution is -0.138. The van der Waals surface area contributed by atoms with Gasteiger partial charge in [0.1, 0.15) is 6.04 Å². The van der Waals surface area contributed by atoms with Crippen molar-refractivity contribution in [3.8, 4) is 0 Å². The average molecular weight is 348 g/mol. The first kappa shape index (κ1) is 17.3. The third-order valence-corrected chi connectivity index (χ3v) is 5.98. The third-order valence-electron chi connectivity index (χ3n) is 4.75. The molecular weight excluding hydrogens is 324 g/mol. The van der Waals surface area contributed by atoms with Gasteiger partial charge in [-0.25, -0.2) is 0 Å². The Labute approximate surface area is 146 Å². The highest BCUT2D eigenvalue weighted by Gasteiger charge is 2.36. The van der Waals surface area contributed by atoms with Crippen molar-refractivity contribution in [3.05, 3.63) is 35.9 Å². The number of carbonyl (C=O) groups excluding carboxylic acids is 2. The summed E-state index contributed by atoms with van der Waals surface area (Å²) in [5, 5.41) is 13.2. The van der Waals surface area contributed by atoms with Crippen LogP contribution in [0.25, 0.3) is 0 Å². The van der Waals surface area contributed by atoms with Crippen molar-refractivity contribution < 1.29 is 14.7 Å². The summed E-state index contributed by atoms with van der Waals surface area (Å²) in [4.78, 5) is 26.7. The van der Waals surface area contributed by atoms with Crippen LogP contribution in [0.3, 0.4) is 0 Å². The number of nitrogens with one attached hydrogen (secondary N) is 1. The van der Waals surface area contributed by atoms with Gasteiger partial charge in [-0.05, 0) is 30.6 Å². The molecule has 0 aliphatic carbocycles. The van der Waals surface area contributed by atoms with Gasteiger partial charge in [0.15, 0.2) is 0 Å². The van der Waals surface area contributed by atoms with E-state index in [1.165, 1.54) is 0 Å². The molecule has 2 atom stereocenters. The average Bonchev–Trinajstić information content (AvgIpc) is 3.23. The topological polar surface area (TPSA) is 69.6 Å². The standard InChI is InChI=1S/C18H24N2O3S/c21-16(11-14-5-2-1-3-6-14)20-9-4-7-15(20)17(22)19-12-18(23)8-10-24-13-18/h1-3,5-6,15,23H,4,7-13H2,(H,19,22)/t15-,18-/m0/s1. The van der Waals surface area contributed by atoms with Crippen LogP contribution in [-0.4, -0.2) is 58.1 Å². The molecule has 0 aromatic heterocycles. The number of nitrogens with zero attached hydrogens (tertiary/aromatic N) is 1. The lowest BCUT2D eigenvalue weighted by Gasteiger charge is -2.27. The van der Waals surface area contributed by atoms with Crippen LogP contribution in [0.15, 0.2) is 30.3 Å². The van der Waals surface area contributed by atoms with Crippen molar-refractivity contribution >= 4 is 23.6 Å². The van der Waals surface area contributed by atoms with Crippen LogP contribution in [0.2, 0.25) is 0 Å². The molecule has 2 fully saturated rings. The number of benzene rings is 1. The number of rotatable bonds is 5. The second kappa shape index (κ2) is 7.57. The highest BCUT2D eigenvalue weighted by molar-refractivity contribution is 7.99. The van der Waals surface area contributed by atoms with E-state index in [4.69, 9.17) is 0 Å². The molecule has 3 rings (SSSR count). The van der Waals surface area contributed by atoms with E-state index >= 15 is 0 Å². The van der Waals surface area contributed by atoms with Gasteiger partial charge < -0.3 is 15.3 Å². The van der Waals surface area contributed by atoms with Crippen LogP contribution in [0.1, 0.15) is 24.8 Å². The molecular formula is C18H24N2O3S. The van der Waals surface area contributed by atoms with E-state index in [-0.39, 0.29) is 18.4 Å². The monoisotopic (exact) mass is 348 g/mol. The quantitative estimate of drug-likeness (QED) is 0.839. The molecule has 2 N–H and O–H groups in total. The van der Waals surface area contributed by atoms with E-state index < -0.39 is 11.6 Å². The fourth-order valence-electron chi connectivity index (χ4n) is 3.32. The summed E-state index contributed by atoms with van der Waals surface area (Å²) in [5.41, 5.74) is 0.170. The zero-order chi connectivity index (χ0) is 17.0. The van der Waals surface area contributed by atoms with Gasteiger partial charge in [-0.15, -0.1) is 0 Å². The first-order valence-corrected chi connectivity index (χ1v) is 9.64. The summed E-state index contributed by atoms with van der Waals surface area (Å²) >= 11 is 1.71. The second-order valence-electron chi connectivity index (χ2n) is 6.65. The fraction of sp³-hybridized carbons (Fsp3) is 0.556. The second-order valence-corrected chi connectivity index (χ2v) is 7.76. The van der Waals surface area contributed by atoms with Crippen LogP contribution in [-0.2, 0) is 16.0 Å². The Kier molecular flexibility index (Phi) is 5.46. The summed E-state index contributed by atoms with van der Waals surface area (Å²) in [6.07, 6.45) is 2.57. The van der Waals surface area contributed by atoms with Crippen molar-refractivity contribution in [1.82, 2.24) is 10.2 Å². The van der Waals surface area contributed by atoms with Gasteiger partial charge in [0, 0.05) is 18.8 Å². The Balaban J connectivity index is 1.56. The SMILES string of the molecule is O=C(NC[C@@]1(O)CCSC1)[C@@H]1CCCN1C(=O)Cc1ccccc1. The molecule has 2 aliphatic rings. The number of likely N-dealkylation sites (tertiary alicyclic amines) is 1. The van der Waals surface area contributed by atoms with E-state index in [2.05, 4.69) is 5.32 Å². The molecule has 0 spiro atoms. The normalized spacial score (nSPS) is 26.5. The van der Waals surface area contributed by atoms with E-state index in [1.807, 2.05) is 30.3 Å². The van der Waals surface area contributed by atoms with Crippen LogP contribution in [0.5, 0.6) is 0 Å². The Hall–Kier alpha value is -1.53. The summed E-state index contributed by atoms with van der Waals surface area (Å²) < 4.78 is 0. The smallest absolute Gasteiger partial charge is 0.242 e. The van der Waals surface area contributed by atoms with Gasteiger partial charge in [-0.2, -0.15) is 11.8 Å². The molecule has 0 unspecified atom stereocenters. The molecule has 1 aromatic carbocycles. The fourth-order valence-corrected chi connectivity index (χ4v) is 4.61. The predicted octanol–water partition coefficient (Wildman–Crippen LogP) is 1.20. The van der Waals surface area contributed by atoms with Gasteiger partial charge in [0.05, 0.1) is 12.0 Å². The number of aliphatic hydroxyl groups is 1. The number of hydrogen-bond donors (Lipinski definition) is 2. The highest BCUT2D eigenvalue weighted by Crippen LogP contribution is 2.27. The Morgan fingerprint density at radius 2 is 2.12 bits per heavy atom. The van der Waals surface area contributed by atoms with Crippen molar-refractivity contribution in [2.45, 2.75) is 37.3 Å². The minimum Gasteiger partial charge on any atom is -0.387 e. The van der Waals surface area contributed by atoms with Crippen LogP contribution >= 0.6 is 11.8 Å². The molecule has 1 aromatic rings. The van der Waals surface area contributed by atoms with Gasteiger partial charge >= 0.3 is 0 Å². The van der Waals surface area contributed by atoms with Gasteiger partial charge in [0.25, 0.3) is 0 Å². The highest BCUT2D eigenvalue weighted by atomic mass is 32.2. The summed E-state index contributed by atoms with van der Waals surface area (Å²) in [6.45, 7) is 0.903. The minimum absolute atomic E-state index is 0.00557. The number of amides is 2. The number of carbonyl (C=O) groups is 2. The Morgan fingerprint density at radius 1 is 1.33 bits per heavy atom. The van der Waals surface area contributed by atoms with Crippen molar-refractivity contribution in [3.63, 3.8) is 0 Å². The van der Waals surface area contributed by atoms with E-state index in [0.29, 0.717) is 31.6 Å². The number of thioether (sulfide) groups is 1. The van der Waals surface area contributed by atoms with E-state index in [9.17, 15) is 14.7 Å². The van der Waals surface area contributed by atoms with E-state index in [0.717, 1.165) is 17.7 Å². The lowest BCUT2D eigenvalue weighted by atomic mass is 10.0. The van der Waals surface area contributed by atoms with Crippen LogP contribution < -0.4 is 5.32 Å². The molecule has 0 radical (unpaired) electrons. The van der Waals surface area contributed by atoms with E-state index in [1.54, 1.807) is 16.7 Å². The maximum Gasteiger partial charge on any atom is 0.242 e. The van der Waals surface area contributed by atoms with Gasteiger partial charge in [-0.1, -0.05) is 30.3 Å². The van der Waals surface area contributed by atoms with Crippen molar-refractivity contribution in [1.29, 1.82) is 0 Å². The molecule has 5 nitrogen and oxygen atoms in total. The molecule has 0 saturated carbocycles. The summed E-state index contributed by atoms with van der Waals surface area (Å²) in [7, 11) is 0. The molecule has 130 valence electrons. The summed E-state index contributed by atoms with van der Waals surface area (Å²) in [6, 6.07) is 9.20. The third kappa shape index (κ3) is 4.11.